The number of hydrogen-bond donors (Lipinski definition) is 0. The summed E-state index contributed by atoms with van der Waals surface area (Å²) in [4.78, 5) is 30.2. The van der Waals surface area contributed by atoms with Crippen LogP contribution in [0.3, 0.4) is 0 Å². The molecular weight excluding hydrogens is 527 g/mol. The second-order valence-corrected chi connectivity index (χ2v) is 9.85. The number of ether oxygens (including phenoxy) is 1. The minimum atomic E-state index is -1.11. The van der Waals surface area contributed by atoms with Gasteiger partial charge >= 0.3 is 6.03 Å². The monoisotopic (exact) mass is 546 g/mol. The minimum absolute atomic E-state index is 0.256. The Morgan fingerprint density at radius 1 is 0.909 bits per heavy atom. The van der Waals surface area contributed by atoms with Crippen molar-refractivity contribution in [2.45, 2.75) is 25.4 Å². The molecule has 3 aromatic carbocycles. The van der Waals surface area contributed by atoms with E-state index in [1.165, 1.54) is 4.90 Å². The number of amides is 3. The maximum absolute atomic E-state index is 13.8. The third kappa shape index (κ3) is 4.74. The summed E-state index contributed by atoms with van der Waals surface area (Å²) in [5.74, 6) is 0.387. The molecule has 0 unspecified atom stereocenters. The summed E-state index contributed by atoms with van der Waals surface area (Å²) < 4.78 is 6.17. The van der Waals surface area contributed by atoms with E-state index in [9.17, 15) is 9.59 Å². The summed E-state index contributed by atoms with van der Waals surface area (Å²) in [6.07, 6.45) is 0.353. The van der Waals surface area contributed by atoms with E-state index < -0.39 is 11.6 Å². The first-order valence-corrected chi connectivity index (χ1v) is 11.8. The Morgan fingerprint density at radius 2 is 1.48 bits per heavy atom. The lowest BCUT2D eigenvalue weighted by atomic mass is 9.90. The van der Waals surface area contributed by atoms with E-state index in [0.29, 0.717) is 22.2 Å². The van der Waals surface area contributed by atoms with Gasteiger partial charge in [0.15, 0.2) is 0 Å². The highest BCUT2D eigenvalue weighted by molar-refractivity contribution is 9.10. The molecule has 5 nitrogen and oxygen atoms in total. The Morgan fingerprint density at radius 3 is 2.06 bits per heavy atom. The standard InChI is InChI=1S/C25H21BrCl2N2O3/c1-25(14-16-3-7-18(26)8-4-16)23(31)30(21-12-19(27)11-20(28)13-21)24(32)29(25)15-17-5-9-22(33-2)10-6-17/h3-13H,14-15H2,1-2H3/t25-/m1/s1. The fourth-order valence-electron chi connectivity index (χ4n) is 4.00. The molecule has 3 amide bonds. The second-order valence-electron chi connectivity index (χ2n) is 8.06. The average Bonchev–Trinajstić information content (AvgIpc) is 2.95. The molecule has 0 aliphatic carbocycles. The number of carbonyl (C=O) groups excluding carboxylic acids is 2. The van der Waals surface area contributed by atoms with Crippen LogP contribution in [0.5, 0.6) is 5.75 Å². The Hall–Kier alpha value is -2.54. The Bertz CT molecular complexity index is 1180. The van der Waals surface area contributed by atoms with Crippen LogP contribution in [0.2, 0.25) is 10.0 Å². The zero-order chi connectivity index (χ0) is 23.8. The zero-order valence-electron chi connectivity index (χ0n) is 18.0. The van der Waals surface area contributed by atoms with Crippen molar-refractivity contribution in [2.24, 2.45) is 0 Å². The smallest absolute Gasteiger partial charge is 0.332 e. The summed E-state index contributed by atoms with van der Waals surface area (Å²) in [7, 11) is 1.60. The minimum Gasteiger partial charge on any atom is -0.497 e. The van der Waals surface area contributed by atoms with Gasteiger partial charge in [-0.3, -0.25) is 4.79 Å². The van der Waals surface area contributed by atoms with E-state index in [1.807, 2.05) is 48.5 Å². The first-order valence-electron chi connectivity index (χ1n) is 10.2. The average molecular weight is 548 g/mol. The Labute approximate surface area is 211 Å². The van der Waals surface area contributed by atoms with Crippen LogP contribution in [0, 0.1) is 0 Å². The van der Waals surface area contributed by atoms with Crippen LogP contribution in [-0.2, 0) is 17.8 Å². The van der Waals surface area contributed by atoms with Crippen LogP contribution in [-0.4, -0.2) is 29.5 Å². The van der Waals surface area contributed by atoms with E-state index in [0.717, 1.165) is 21.3 Å². The van der Waals surface area contributed by atoms with Crippen molar-refractivity contribution in [3.8, 4) is 5.75 Å². The normalized spacial score (nSPS) is 18.2. The summed E-state index contributed by atoms with van der Waals surface area (Å²) in [5, 5.41) is 0.697. The molecular formula is C25H21BrCl2N2O3. The highest BCUT2D eigenvalue weighted by Crippen LogP contribution is 2.38. The van der Waals surface area contributed by atoms with Crippen LogP contribution >= 0.6 is 39.1 Å². The van der Waals surface area contributed by atoms with Crippen molar-refractivity contribution in [3.63, 3.8) is 0 Å². The lowest BCUT2D eigenvalue weighted by Crippen LogP contribution is -2.48. The van der Waals surface area contributed by atoms with Crippen molar-refractivity contribution < 1.29 is 14.3 Å². The van der Waals surface area contributed by atoms with E-state index in [-0.39, 0.29) is 12.5 Å². The number of hydrogen-bond acceptors (Lipinski definition) is 3. The van der Waals surface area contributed by atoms with Crippen molar-refractivity contribution in [1.29, 1.82) is 0 Å². The Balaban J connectivity index is 1.75. The predicted molar refractivity (Wildman–Crippen MR) is 134 cm³/mol. The molecule has 0 radical (unpaired) electrons. The number of carbonyl (C=O) groups is 2. The molecule has 0 spiro atoms. The van der Waals surface area contributed by atoms with E-state index in [1.54, 1.807) is 37.1 Å². The summed E-state index contributed by atoms with van der Waals surface area (Å²) >= 11 is 15.8. The van der Waals surface area contributed by atoms with Crippen molar-refractivity contribution in [3.05, 3.63) is 92.4 Å². The molecule has 0 aromatic heterocycles. The van der Waals surface area contributed by atoms with Crippen LogP contribution in [0.1, 0.15) is 18.1 Å². The van der Waals surface area contributed by atoms with Crippen LogP contribution < -0.4 is 9.64 Å². The quantitative estimate of drug-likeness (QED) is 0.321. The van der Waals surface area contributed by atoms with Gasteiger partial charge in [-0.2, -0.15) is 0 Å². The highest BCUT2D eigenvalue weighted by atomic mass is 79.9. The van der Waals surface area contributed by atoms with Crippen molar-refractivity contribution in [2.75, 3.05) is 12.0 Å². The number of imide groups is 1. The number of urea groups is 1. The summed E-state index contributed by atoms with van der Waals surface area (Å²) in [6, 6.07) is 19.4. The van der Waals surface area contributed by atoms with Gasteiger partial charge in [0.05, 0.1) is 12.8 Å². The van der Waals surface area contributed by atoms with Gasteiger partial charge in [-0.05, 0) is 60.5 Å². The molecule has 8 heteroatoms. The molecule has 0 bridgehead atoms. The SMILES string of the molecule is COc1ccc(CN2C(=O)N(c3cc(Cl)cc(Cl)c3)C(=O)[C@@]2(C)Cc2ccc(Br)cc2)cc1. The second kappa shape index (κ2) is 9.37. The molecule has 1 atom stereocenters. The molecule has 3 aromatic rings. The zero-order valence-corrected chi connectivity index (χ0v) is 21.1. The lowest BCUT2D eigenvalue weighted by Gasteiger charge is -2.32. The number of rotatable bonds is 6. The number of nitrogens with zero attached hydrogens (tertiary/aromatic N) is 2. The van der Waals surface area contributed by atoms with Gasteiger partial charge in [-0.15, -0.1) is 0 Å². The molecule has 33 heavy (non-hydrogen) atoms. The molecule has 0 N–H and O–H groups in total. The molecule has 4 rings (SSSR count). The summed E-state index contributed by atoms with van der Waals surface area (Å²) in [6.45, 7) is 2.05. The van der Waals surface area contributed by atoms with Crippen molar-refractivity contribution >= 4 is 56.8 Å². The lowest BCUT2D eigenvalue weighted by molar-refractivity contribution is -0.124. The van der Waals surface area contributed by atoms with Gasteiger partial charge in [0.2, 0.25) is 0 Å². The van der Waals surface area contributed by atoms with Gasteiger partial charge in [-0.25, -0.2) is 9.69 Å². The van der Waals surface area contributed by atoms with E-state index >= 15 is 0 Å². The molecule has 170 valence electrons. The number of anilines is 1. The topological polar surface area (TPSA) is 49.9 Å². The van der Waals surface area contributed by atoms with Gasteiger partial charge in [0.1, 0.15) is 11.3 Å². The molecule has 1 fully saturated rings. The number of methoxy groups -OCH3 is 1. The van der Waals surface area contributed by atoms with E-state index in [4.69, 9.17) is 27.9 Å². The van der Waals surface area contributed by atoms with Crippen molar-refractivity contribution in [1.82, 2.24) is 4.90 Å². The van der Waals surface area contributed by atoms with E-state index in [2.05, 4.69) is 15.9 Å². The molecule has 1 aliphatic heterocycles. The van der Waals surface area contributed by atoms with Gasteiger partial charge in [0, 0.05) is 27.5 Å². The largest absolute Gasteiger partial charge is 0.497 e. The van der Waals surface area contributed by atoms with Crippen LogP contribution in [0.15, 0.2) is 71.2 Å². The Kier molecular flexibility index (Phi) is 6.71. The highest BCUT2D eigenvalue weighted by Gasteiger charge is 2.54. The first kappa shape index (κ1) is 23.6. The maximum atomic E-state index is 13.8. The number of halogens is 3. The molecule has 1 saturated heterocycles. The van der Waals surface area contributed by atoms with Gasteiger partial charge in [-0.1, -0.05) is 63.4 Å². The van der Waals surface area contributed by atoms with Crippen LogP contribution in [0.4, 0.5) is 10.5 Å². The summed E-state index contributed by atoms with van der Waals surface area (Å²) in [5.41, 5.74) is 1.05. The third-order valence-corrected chi connectivity index (χ3v) is 6.71. The molecule has 1 aliphatic rings. The molecule has 1 heterocycles. The fourth-order valence-corrected chi connectivity index (χ4v) is 4.78. The predicted octanol–water partition coefficient (Wildman–Crippen LogP) is 6.73. The maximum Gasteiger partial charge on any atom is 0.332 e. The first-order chi connectivity index (χ1) is 15.7. The van der Waals surface area contributed by atoms with Gasteiger partial charge < -0.3 is 9.64 Å². The fraction of sp³-hybridized carbons (Fsp3) is 0.200. The van der Waals surface area contributed by atoms with Gasteiger partial charge in [0.25, 0.3) is 5.91 Å². The molecule has 0 saturated carbocycles. The number of benzene rings is 3. The van der Waals surface area contributed by atoms with Crippen LogP contribution in [0.25, 0.3) is 0 Å². The third-order valence-electron chi connectivity index (χ3n) is 5.75.